The Morgan fingerprint density at radius 2 is 1.86 bits per heavy atom. The highest BCUT2D eigenvalue weighted by atomic mass is 35.5. The molecule has 2 aromatic rings. The van der Waals surface area contributed by atoms with Crippen LogP contribution in [0.5, 0.6) is 5.75 Å². The van der Waals surface area contributed by atoms with Gasteiger partial charge in [-0.3, -0.25) is 4.79 Å². The number of benzene rings is 2. The molecule has 4 heteroatoms. The number of halogens is 2. The lowest BCUT2D eigenvalue weighted by molar-refractivity contribution is 0.0921. The van der Waals surface area contributed by atoms with E-state index < -0.39 is 5.82 Å². The van der Waals surface area contributed by atoms with Crippen LogP contribution in [0.1, 0.15) is 35.7 Å². The number of ketones is 1. The van der Waals surface area contributed by atoms with Crippen molar-refractivity contribution in [3.63, 3.8) is 0 Å². The van der Waals surface area contributed by atoms with Crippen LogP contribution >= 0.6 is 11.6 Å². The fraction of sp³-hybridized carbons (Fsp3) is 0.235. The van der Waals surface area contributed by atoms with Gasteiger partial charge in [0.15, 0.2) is 12.4 Å². The summed E-state index contributed by atoms with van der Waals surface area (Å²) in [5, 5.41) is -0.0266. The molecule has 0 aliphatic heterocycles. The number of carbonyl (C=O) groups is 1. The van der Waals surface area contributed by atoms with Gasteiger partial charge in [0.1, 0.15) is 11.6 Å². The van der Waals surface area contributed by atoms with Crippen molar-refractivity contribution < 1.29 is 13.9 Å². The molecule has 0 aliphatic rings. The predicted octanol–water partition coefficient (Wildman–Crippen LogP) is 4.86. The minimum atomic E-state index is -0.514. The molecule has 0 N–H and O–H groups in total. The lowest BCUT2D eigenvalue weighted by Gasteiger charge is -2.08. The summed E-state index contributed by atoms with van der Waals surface area (Å²) in [6, 6.07) is 11.5. The van der Waals surface area contributed by atoms with E-state index in [1.54, 1.807) is 12.1 Å². The van der Waals surface area contributed by atoms with Crippen molar-refractivity contribution in [3.05, 3.63) is 64.4 Å². The molecular formula is C17H16ClFO2. The summed E-state index contributed by atoms with van der Waals surface area (Å²) in [6.07, 6.45) is 0. The first-order valence-electron chi connectivity index (χ1n) is 6.68. The fourth-order valence-corrected chi connectivity index (χ4v) is 2.02. The molecule has 2 rings (SSSR count). The number of hydrogen-bond donors (Lipinski definition) is 0. The standard InChI is InChI=1S/C17H16ClFO2/c1-11(2)12-3-5-13(6-4-12)17(20)10-21-14-7-8-16(19)15(18)9-14/h3-9,11H,10H2,1-2H3. The summed E-state index contributed by atoms with van der Waals surface area (Å²) in [6.45, 7) is 4.08. The van der Waals surface area contributed by atoms with E-state index in [1.807, 2.05) is 12.1 Å². The topological polar surface area (TPSA) is 26.3 Å². The molecule has 0 aromatic heterocycles. The van der Waals surface area contributed by atoms with Gasteiger partial charge in [-0.25, -0.2) is 4.39 Å². The molecule has 0 fully saturated rings. The Hall–Kier alpha value is -1.87. The summed E-state index contributed by atoms with van der Waals surface area (Å²) in [7, 11) is 0. The lowest BCUT2D eigenvalue weighted by atomic mass is 10.0. The largest absolute Gasteiger partial charge is 0.485 e. The van der Waals surface area contributed by atoms with Crippen LogP contribution in [-0.2, 0) is 0 Å². The molecule has 0 spiro atoms. The zero-order valence-electron chi connectivity index (χ0n) is 11.9. The maximum atomic E-state index is 13.0. The maximum absolute atomic E-state index is 13.0. The van der Waals surface area contributed by atoms with Gasteiger partial charge in [0.25, 0.3) is 0 Å². The maximum Gasteiger partial charge on any atom is 0.200 e. The Morgan fingerprint density at radius 1 is 1.19 bits per heavy atom. The molecule has 0 amide bonds. The smallest absolute Gasteiger partial charge is 0.200 e. The van der Waals surface area contributed by atoms with E-state index in [4.69, 9.17) is 16.3 Å². The fourth-order valence-electron chi connectivity index (χ4n) is 1.85. The molecule has 21 heavy (non-hydrogen) atoms. The van der Waals surface area contributed by atoms with Crippen LogP contribution in [0.25, 0.3) is 0 Å². The van der Waals surface area contributed by atoms with Gasteiger partial charge in [-0.1, -0.05) is 49.7 Å². The van der Waals surface area contributed by atoms with Crippen molar-refractivity contribution in [2.24, 2.45) is 0 Å². The van der Waals surface area contributed by atoms with Crippen LogP contribution in [-0.4, -0.2) is 12.4 Å². The van der Waals surface area contributed by atoms with E-state index in [1.165, 1.54) is 23.8 Å². The van der Waals surface area contributed by atoms with E-state index in [0.29, 0.717) is 17.2 Å². The van der Waals surface area contributed by atoms with Gasteiger partial charge in [0, 0.05) is 11.6 Å². The van der Waals surface area contributed by atoms with E-state index in [9.17, 15) is 9.18 Å². The number of carbonyl (C=O) groups excluding carboxylic acids is 1. The summed E-state index contributed by atoms with van der Waals surface area (Å²) < 4.78 is 18.3. The first-order chi connectivity index (χ1) is 9.97. The van der Waals surface area contributed by atoms with Crippen LogP contribution in [0.2, 0.25) is 5.02 Å². The quantitative estimate of drug-likeness (QED) is 0.737. The number of rotatable bonds is 5. The van der Waals surface area contributed by atoms with Crippen LogP contribution in [0.15, 0.2) is 42.5 Å². The van der Waals surface area contributed by atoms with E-state index in [-0.39, 0.29) is 17.4 Å². The summed E-state index contributed by atoms with van der Waals surface area (Å²) in [5.41, 5.74) is 1.77. The van der Waals surface area contributed by atoms with Gasteiger partial charge < -0.3 is 4.74 Å². The molecule has 0 aliphatic carbocycles. The Balaban J connectivity index is 1.99. The predicted molar refractivity (Wildman–Crippen MR) is 81.8 cm³/mol. The van der Waals surface area contributed by atoms with Gasteiger partial charge in [-0.15, -0.1) is 0 Å². The molecule has 2 nitrogen and oxygen atoms in total. The molecule has 0 bridgehead atoms. The molecule has 110 valence electrons. The van der Waals surface area contributed by atoms with Crippen molar-refractivity contribution in [2.45, 2.75) is 19.8 Å². The molecule has 0 radical (unpaired) electrons. The van der Waals surface area contributed by atoms with Crippen molar-refractivity contribution in [2.75, 3.05) is 6.61 Å². The molecule has 0 unspecified atom stereocenters. The number of Topliss-reactive ketones (excluding diaryl/α,β-unsaturated/α-hetero) is 1. The molecule has 2 aromatic carbocycles. The van der Waals surface area contributed by atoms with Crippen molar-refractivity contribution in [1.29, 1.82) is 0 Å². The summed E-state index contributed by atoms with van der Waals surface area (Å²) >= 11 is 5.65. The van der Waals surface area contributed by atoms with E-state index in [2.05, 4.69) is 13.8 Å². The van der Waals surface area contributed by atoms with Gasteiger partial charge in [-0.05, 0) is 23.6 Å². The number of ether oxygens (including phenoxy) is 1. The van der Waals surface area contributed by atoms with E-state index >= 15 is 0 Å². The molecule has 0 atom stereocenters. The Kier molecular flexibility index (Phi) is 4.97. The third-order valence-corrected chi connectivity index (χ3v) is 3.45. The van der Waals surface area contributed by atoms with Crippen LogP contribution < -0.4 is 4.74 Å². The zero-order chi connectivity index (χ0) is 15.4. The minimum Gasteiger partial charge on any atom is -0.485 e. The average Bonchev–Trinajstić information content (AvgIpc) is 2.48. The van der Waals surface area contributed by atoms with Crippen LogP contribution in [0.3, 0.4) is 0 Å². The van der Waals surface area contributed by atoms with Gasteiger partial charge in [-0.2, -0.15) is 0 Å². The first-order valence-corrected chi connectivity index (χ1v) is 7.06. The average molecular weight is 307 g/mol. The van der Waals surface area contributed by atoms with Gasteiger partial charge in [0.2, 0.25) is 0 Å². The Morgan fingerprint density at radius 3 is 2.43 bits per heavy atom. The van der Waals surface area contributed by atoms with Crippen molar-refractivity contribution in [1.82, 2.24) is 0 Å². The van der Waals surface area contributed by atoms with Crippen molar-refractivity contribution in [3.8, 4) is 5.75 Å². The minimum absolute atomic E-state index is 0.0266. The summed E-state index contributed by atoms with van der Waals surface area (Å²) in [5.74, 6) is 0.144. The molecule has 0 heterocycles. The SMILES string of the molecule is CC(C)c1ccc(C(=O)COc2ccc(F)c(Cl)c2)cc1. The highest BCUT2D eigenvalue weighted by Crippen LogP contribution is 2.21. The van der Waals surface area contributed by atoms with E-state index in [0.717, 1.165) is 0 Å². The van der Waals surface area contributed by atoms with Crippen LogP contribution in [0.4, 0.5) is 4.39 Å². The molecular weight excluding hydrogens is 291 g/mol. The second kappa shape index (κ2) is 6.72. The van der Waals surface area contributed by atoms with Gasteiger partial charge in [0.05, 0.1) is 5.02 Å². The lowest BCUT2D eigenvalue weighted by Crippen LogP contribution is -2.11. The summed E-state index contributed by atoms with van der Waals surface area (Å²) in [4.78, 5) is 12.0. The Bertz CT molecular complexity index is 636. The van der Waals surface area contributed by atoms with Gasteiger partial charge >= 0.3 is 0 Å². The second-order valence-electron chi connectivity index (χ2n) is 5.06. The Labute approximate surface area is 128 Å². The molecule has 0 saturated heterocycles. The zero-order valence-corrected chi connectivity index (χ0v) is 12.7. The first kappa shape index (κ1) is 15.5. The monoisotopic (exact) mass is 306 g/mol. The normalized spacial score (nSPS) is 10.7. The third-order valence-electron chi connectivity index (χ3n) is 3.16. The van der Waals surface area contributed by atoms with Crippen molar-refractivity contribution >= 4 is 17.4 Å². The second-order valence-corrected chi connectivity index (χ2v) is 5.47. The number of hydrogen-bond acceptors (Lipinski definition) is 2. The highest BCUT2D eigenvalue weighted by molar-refractivity contribution is 6.30. The van der Waals surface area contributed by atoms with Crippen LogP contribution in [0, 0.1) is 5.82 Å². The highest BCUT2D eigenvalue weighted by Gasteiger charge is 2.09. The third kappa shape index (κ3) is 4.05. The molecule has 0 saturated carbocycles.